The summed E-state index contributed by atoms with van der Waals surface area (Å²) in [6, 6.07) is 3.43. The minimum Gasteiger partial charge on any atom is -0.494 e. The van der Waals surface area contributed by atoms with Crippen molar-refractivity contribution >= 4 is 21.7 Å². The Bertz CT molecular complexity index is 416. The largest absolute Gasteiger partial charge is 0.494 e. The molecule has 86 valence electrons. The second kappa shape index (κ2) is 5.65. The van der Waals surface area contributed by atoms with Gasteiger partial charge in [0.2, 0.25) is 5.78 Å². The van der Waals surface area contributed by atoms with E-state index in [1.54, 1.807) is 23.2 Å². The van der Waals surface area contributed by atoms with E-state index >= 15 is 0 Å². The molecule has 4 nitrogen and oxygen atoms in total. The number of halogens is 1. The van der Waals surface area contributed by atoms with Gasteiger partial charge in [0.05, 0.1) is 7.11 Å². The number of allylic oxidation sites excluding steroid dienone is 1. The summed E-state index contributed by atoms with van der Waals surface area (Å²) in [5.41, 5.74) is 0.301. The third kappa shape index (κ3) is 3.34. The van der Waals surface area contributed by atoms with Gasteiger partial charge in [0.15, 0.2) is 5.69 Å². The molecular formula is C11H13BrN2O2. The second-order valence-corrected chi connectivity index (χ2v) is 4.14. The molecule has 1 heterocycles. The number of hydrogen-bond donors (Lipinski definition) is 0. The molecule has 0 amide bonds. The predicted molar refractivity (Wildman–Crippen MR) is 65.6 cm³/mol. The first kappa shape index (κ1) is 12.7. The van der Waals surface area contributed by atoms with E-state index in [0.717, 1.165) is 0 Å². The molecule has 0 aliphatic rings. The molecular weight excluding hydrogens is 272 g/mol. The molecule has 1 aromatic rings. The lowest BCUT2D eigenvalue weighted by Crippen LogP contribution is -2.06. The van der Waals surface area contributed by atoms with Gasteiger partial charge >= 0.3 is 0 Å². The highest BCUT2D eigenvalue weighted by molar-refractivity contribution is 9.10. The number of nitrogens with zero attached hydrogens (tertiary/aromatic N) is 2. The Kier molecular flexibility index (Phi) is 4.49. The Balaban J connectivity index is 3.02. The third-order valence-corrected chi connectivity index (χ3v) is 2.24. The van der Waals surface area contributed by atoms with Crippen molar-refractivity contribution in [1.29, 1.82) is 0 Å². The van der Waals surface area contributed by atoms with E-state index in [4.69, 9.17) is 4.74 Å². The average Bonchev–Trinajstić information content (AvgIpc) is 2.25. The Labute approximate surface area is 103 Å². The zero-order chi connectivity index (χ0) is 12.1. The number of ketones is 1. The maximum absolute atomic E-state index is 11.8. The number of rotatable bonds is 4. The van der Waals surface area contributed by atoms with Crippen molar-refractivity contribution in [3.05, 3.63) is 34.7 Å². The van der Waals surface area contributed by atoms with Crippen molar-refractivity contribution in [1.82, 2.24) is 9.88 Å². The SMILES string of the molecule is COc1ccc(Br)nc1C(=O)/C=C/N(C)C. The average molecular weight is 285 g/mol. The lowest BCUT2D eigenvalue weighted by molar-refractivity contribution is 0.103. The molecule has 0 radical (unpaired) electrons. The molecule has 0 aliphatic carbocycles. The first-order chi connectivity index (χ1) is 7.54. The van der Waals surface area contributed by atoms with Gasteiger partial charge < -0.3 is 9.64 Å². The van der Waals surface area contributed by atoms with E-state index < -0.39 is 0 Å². The van der Waals surface area contributed by atoms with Gasteiger partial charge in [-0.1, -0.05) is 0 Å². The van der Waals surface area contributed by atoms with Gasteiger partial charge in [0.1, 0.15) is 10.4 Å². The summed E-state index contributed by atoms with van der Waals surface area (Å²) in [6.45, 7) is 0. The Morgan fingerprint density at radius 2 is 2.19 bits per heavy atom. The number of aromatic nitrogens is 1. The molecule has 1 rings (SSSR count). The fraction of sp³-hybridized carbons (Fsp3) is 0.273. The Morgan fingerprint density at radius 3 is 2.75 bits per heavy atom. The van der Waals surface area contributed by atoms with Crippen molar-refractivity contribution < 1.29 is 9.53 Å². The van der Waals surface area contributed by atoms with Crippen LogP contribution in [0, 0.1) is 0 Å². The summed E-state index contributed by atoms with van der Waals surface area (Å²) in [6.07, 6.45) is 3.13. The maximum Gasteiger partial charge on any atom is 0.209 e. The minimum atomic E-state index is -0.188. The third-order valence-electron chi connectivity index (χ3n) is 1.80. The fourth-order valence-corrected chi connectivity index (χ4v) is 1.37. The van der Waals surface area contributed by atoms with E-state index in [1.807, 2.05) is 14.1 Å². The second-order valence-electron chi connectivity index (χ2n) is 3.33. The first-order valence-corrected chi connectivity index (χ1v) is 5.43. The van der Waals surface area contributed by atoms with Gasteiger partial charge in [-0.25, -0.2) is 4.98 Å². The highest BCUT2D eigenvalue weighted by atomic mass is 79.9. The Morgan fingerprint density at radius 1 is 1.50 bits per heavy atom. The molecule has 0 saturated carbocycles. The van der Waals surface area contributed by atoms with Crippen molar-refractivity contribution in [2.24, 2.45) is 0 Å². The van der Waals surface area contributed by atoms with Crippen molar-refractivity contribution in [2.45, 2.75) is 0 Å². The highest BCUT2D eigenvalue weighted by Gasteiger charge is 2.11. The van der Waals surface area contributed by atoms with Gasteiger partial charge in [-0.3, -0.25) is 4.79 Å². The summed E-state index contributed by atoms with van der Waals surface area (Å²) in [7, 11) is 5.20. The standard InChI is InChI=1S/C11H13BrN2O2/c1-14(2)7-6-8(15)11-9(16-3)4-5-10(12)13-11/h4-7H,1-3H3/b7-6+. The van der Waals surface area contributed by atoms with Crippen LogP contribution in [0.4, 0.5) is 0 Å². The van der Waals surface area contributed by atoms with Crippen LogP contribution in [0.2, 0.25) is 0 Å². The van der Waals surface area contributed by atoms with Crippen molar-refractivity contribution in [3.8, 4) is 5.75 Å². The molecule has 0 aromatic carbocycles. The van der Waals surface area contributed by atoms with Crippen LogP contribution in [0.25, 0.3) is 0 Å². The summed E-state index contributed by atoms with van der Waals surface area (Å²) in [4.78, 5) is 17.7. The van der Waals surface area contributed by atoms with Crippen LogP contribution in [-0.4, -0.2) is 36.9 Å². The van der Waals surface area contributed by atoms with Crippen LogP contribution < -0.4 is 4.74 Å². The Hall–Kier alpha value is -1.36. The molecule has 0 N–H and O–H groups in total. The highest BCUT2D eigenvalue weighted by Crippen LogP contribution is 2.19. The number of methoxy groups -OCH3 is 1. The van der Waals surface area contributed by atoms with Crippen LogP contribution in [-0.2, 0) is 0 Å². The van der Waals surface area contributed by atoms with Crippen molar-refractivity contribution in [2.75, 3.05) is 21.2 Å². The monoisotopic (exact) mass is 284 g/mol. The van der Waals surface area contributed by atoms with E-state index in [-0.39, 0.29) is 5.78 Å². The number of carbonyl (C=O) groups is 1. The lowest BCUT2D eigenvalue weighted by atomic mass is 10.2. The van der Waals surface area contributed by atoms with Gasteiger partial charge in [0, 0.05) is 26.4 Å². The molecule has 0 spiro atoms. The molecule has 0 unspecified atom stereocenters. The number of pyridine rings is 1. The zero-order valence-electron chi connectivity index (χ0n) is 9.40. The van der Waals surface area contributed by atoms with Gasteiger partial charge in [-0.15, -0.1) is 0 Å². The van der Waals surface area contributed by atoms with E-state index in [1.165, 1.54) is 13.2 Å². The van der Waals surface area contributed by atoms with Gasteiger partial charge in [-0.2, -0.15) is 0 Å². The normalized spacial score (nSPS) is 10.5. The first-order valence-electron chi connectivity index (χ1n) is 4.64. The van der Waals surface area contributed by atoms with Crippen LogP contribution in [0.3, 0.4) is 0 Å². The topological polar surface area (TPSA) is 42.4 Å². The maximum atomic E-state index is 11.8. The van der Waals surface area contributed by atoms with E-state index in [2.05, 4.69) is 20.9 Å². The zero-order valence-corrected chi connectivity index (χ0v) is 11.0. The minimum absolute atomic E-state index is 0.188. The molecule has 16 heavy (non-hydrogen) atoms. The van der Waals surface area contributed by atoms with Crippen LogP contribution in [0.5, 0.6) is 5.75 Å². The number of carbonyl (C=O) groups excluding carboxylic acids is 1. The predicted octanol–water partition coefficient (Wildman–Crippen LogP) is 2.11. The summed E-state index contributed by atoms with van der Waals surface area (Å²) in [5.74, 6) is 0.281. The summed E-state index contributed by atoms with van der Waals surface area (Å²) < 4.78 is 5.68. The smallest absolute Gasteiger partial charge is 0.209 e. The lowest BCUT2D eigenvalue weighted by Gasteiger charge is -2.06. The van der Waals surface area contributed by atoms with Gasteiger partial charge in [-0.05, 0) is 28.1 Å². The molecule has 0 bridgehead atoms. The molecule has 1 aromatic heterocycles. The van der Waals surface area contributed by atoms with Gasteiger partial charge in [0.25, 0.3) is 0 Å². The molecule has 5 heteroatoms. The number of hydrogen-bond acceptors (Lipinski definition) is 4. The molecule has 0 saturated heterocycles. The summed E-state index contributed by atoms with van der Waals surface area (Å²) in [5, 5.41) is 0. The quantitative estimate of drug-likeness (QED) is 0.483. The van der Waals surface area contributed by atoms with E-state index in [0.29, 0.717) is 16.0 Å². The van der Waals surface area contributed by atoms with E-state index in [9.17, 15) is 4.79 Å². The van der Waals surface area contributed by atoms with Crippen LogP contribution in [0.15, 0.2) is 29.0 Å². The summed E-state index contributed by atoms with van der Waals surface area (Å²) >= 11 is 3.22. The number of ether oxygens (including phenoxy) is 1. The molecule has 0 fully saturated rings. The fourth-order valence-electron chi connectivity index (χ4n) is 1.06. The van der Waals surface area contributed by atoms with Crippen LogP contribution in [0.1, 0.15) is 10.5 Å². The van der Waals surface area contributed by atoms with Crippen LogP contribution >= 0.6 is 15.9 Å². The molecule has 0 aliphatic heterocycles. The van der Waals surface area contributed by atoms with Crippen molar-refractivity contribution in [3.63, 3.8) is 0 Å². The molecule has 0 atom stereocenters.